The van der Waals surface area contributed by atoms with E-state index < -0.39 is 0 Å². The molecule has 2 fully saturated rings. The second-order valence-electron chi connectivity index (χ2n) is 6.82. The van der Waals surface area contributed by atoms with E-state index in [1.54, 1.807) is 0 Å². The summed E-state index contributed by atoms with van der Waals surface area (Å²) in [6.45, 7) is 6.59. The van der Waals surface area contributed by atoms with Crippen molar-refractivity contribution in [3.05, 3.63) is 35.4 Å². The number of aliphatic hydroxyl groups is 1. The first-order chi connectivity index (χ1) is 9.56. The third kappa shape index (κ3) is 2.50. The number of benzene rings is 1. The van der Waals surface area contributed by atoms with Crippen molar-refractivity contribution in [1.82, 2.24) is 10.9 Å². The molecule has 1 saturated heterocycles. The molecule has 1 aliphatic carbocycles. The molecule has 3 nitrogen and oxygen atoms in total. The molecule has 3 rings (SSSR count). The van der Waals surface area contributed by atoms with Crippen LogP contribution in [0.4, 0.5) is 0 Å². The van der Waals surface area contributed by atoms with Crippen LogP contribution in [0.2, 0.25) is 0 Å². The number of aliphatic hydroxyl groups excluding tert-OH is 1. The van der Waals surface area contributed by atoms with Crippen LogP contribution >= 0.6 is 0 Å². The third-order valence-corrected chi connectivity index (χ3v) is 5.12. The van der Waals surface area contributed by atoms with Gasteiger partial charge in [-0.05, 0) is 42.7 Å². The molecule has 0 amide bonds. The maximum absolute atomic E-state index is 10.4. The van der Waals surface area contributed by atoms with E-state index in [9.17, 15) is 5.11 Å². The van der Waals surface area contributed by atoms with Gasteiger partial charge >= 0.3 is 0 Å². The highest BCUT2D eigenvalue weighted by molar-refractivity contribution is 5.28. The van der Waals surface area contributed by atoms with E-state index in [0.717, 1.165) is 12.8 Å². The van der Waals surface area contributed by atoms with Gasteiger partial charge in [0.25, 0.3) is 0 Å². The molecule has 1 aromatic rings. The fraction of sp³-hybridized carbons (Fsp3) is 0.647. The van der Waals surface area contributed by atoms with Gasteiger partial charge in [-0.15, -0.1) is 0 Å². The third-order valence-electron chi connectivity index (χ3n) is 5.12. The summed E-state index contributed by atoms with van der Waals surface area (Å²) in [4.78, 5) is 0. The van der Waals surface area contributed by atoms with Gasteiger partial charge in [-0.25, -0.2) is 0 Å². The van der Waals surface area contributed by atoms with Gasteiger partial charge in [0.1, 0.15) is 0 Å². The summed E-state index contributed by atoms with van der Waals surface area (Å²) in [7, 11) is 0. The molecule has 2 aliphatic rings. The Kier molecular flexibility index (Phi) is 3.85. The van der Waals surface area contributed by atoms with Crippen LogP contribution in [-0.4, -0.2) is 23.3 Å². The highest BCUT2D eigenvalue weighted by Crippen LogP contribution is 2.39. The van der Waals surface area contributed by atoms with Crippen LogP contribution in [0.3, 0.4) is 0 Å². The number of hydrogen-bond donors (Lipinski definition) is 3. The minimum atomic E-state index is -0.207. The van der Waals surface area contributed by atoms with Crippen molar-refractivity contribution in [3.8, 4) is 0 Å². The largest absolute Gasteiger partial charge is 0.393 e. The molecular weight excluding hydrogens is 248 g/mol. The first kappa shape index (κ1) is 14.1. The van der Waals surface area contributed by atoms with Crippen molar-refractivity contribution >= 4 is 0 Å². The van der Waals surface area contributed by atoms with E-state index in [-0.39, 0.29) is 6.10 Å². The normalized spacial score (nSPS) is 37.1. The molecule has 1 saturated carbocycles. The molecule has 110 valence electrons. The van der Waals surface area contributed by atoms with Gasteiger partial charge in [-0.2, -0.15) is 0 Å². The molecule has 0 aromatic heterocycles. The molecule has 1 aliphatic heterocycles. The van der Waals surface area contributed by atoms with E-state index >= 15 is 0 Å². The first-order valence-corrected chi connectivity index (χ1v) is 7.85. The van der Waals surface area contributed by atoms with Crippen molar-refractivity contribution in [2.75, 3.05) is 0 Å². The molecule has 20 heavy (non-hydrogen) atoms. The Morgan fingerprint density at radius 1 is 1.10 bits per heavy atom. The van der Waals surface area contributed by atoms with Crippen molar-refractivity contribution in [1.29, 1.82) is 0 Å². The molecule has 5 unspecified atom stereocenters. The summed E-state index contributed by atoms with van der Waals surface area (Å²) < 4.78 is 0. The summed E-state index contributed by atoms with van der Waals surface area (Å²) in [5, 5.41) is 10.4. The summed E-state index contributed by atoms with van der Waals surface area (Å²) >= 11 is 0. The van der Waals surface area contributed by atoms with E-state index in [1.807, 2.05) is 0 Å². The number of fused-ring (bicyclic) bond motifs is 1. The van der Waals surface area contributed by atoms with Gasteiger partial charge < -0.3 is 5.11 Å². The monoisotopic (exact) mass is 274 g/mol. The molecular formula is C17H26N2O. The van der Waals surface area contributed by atoms with Crippen LogP contribution in [0.5, 0.6) is 0 Å². The Balaban J connectivity index is 1.75. The van der Waals surface area contributed by atoms with Crippen LogP contribution in [0.25, 0.3) is 0 Å². The van der Waals surface area contributed by atoms with E-state index in [1.165, 1.54) is 11.1 Å². The molecule has 0 radical (unpaired) electrons. The molecule has 5 atom stereocenters. The molecule has 3 heteroatoms. The van der Waals surface area contributed by atoms with Crippen LogP contribution in [0, 0.1) is 5.92 Å². The summed E-state index contributed by atoms with van der Waals surface area (Å²) in [6.07, 6.45) is 1.79. The highest BCUT2D eigenvalue weighted by atomic mass is 16.3. The SMILES string of the molecule is CC(C)c1ccc(C2CC(O)C3C(C)NNC3C2)cc1. The van der Waals surface area contributed by atoms with Crippen LogP contribution < -0.4 is 10.9 Å². The maximum atomic E-state index is 10.4. The molecule has 0 spiro atoms. The van der Waals surface area contributed by atoms with Crippen molar-refractivity contribution in [2.45, 2.75) is 63.6 Å². The average Bonchev–Trinajstić information content (AvgIpc) is 2.81. The second kappa shape index (κ2) is 5.47. The predicted octanol–water partition coefficient (Wildman–Crippen LogP) is 2.53. The van der Waals surface area contributed by atoms with Crippen LogP contribution in [0.1, 0.15) is 56.6 Å². The van der Waals surface area contributed by atoms with E-state index in [4.69, 9.17) is 0 Å². The van der Waals surface area contributed by atoms with Gasteiger partial charge in [0.15, 0.2) is 0 Å². The lowest BCUT2D eigenvalue weighted by atomic mass is 9.72. The lowest BCUT2D eigenvalue weighted by molar-refractivity contribution is 0.0498. The molecule has 1 aromatic carbocycles. The molecule has 0 bridgehead atoms. The van der Waals surface area contributed by atoms with Crippen LogP contribution in [0.15, 0.2) is 24.3 Å². The number of nitrogens with one attached hydrogen (secondary N) is 2. The van der Waals surface area contributed by atoms with Crippen molar-refractivity contribution < 1.29 is 5.11 Å². The Hall–Kier alpha value is -0.900. The number of hydrogen-bond acceptors (Lipinski definition) is 3. The van der Waals surface area contributed by atoms with Gasteiger partial charge in [0.2, 0.25) is 0 Å². The Bertz CT molecular complexity index is 457. The second-order valence-corrected chi connectivity index (χ2v) is 6.82. The standard InChI is InChI=1S/C17H26N2O/c1-10(2)12-4-6-13(7-5-12)14-8-15-17(16(20)9-14)11(3)18-19-15/h4-7,10-11,14-20H,8-9H2,1-3H3. The van der Waals surface area contributed by atoms with Gasteiger partial charge in [0, 0.05) is 18.0 Å². The summed E-state index contributed by atoms with van der Waals surface area (Å²) in [5.74, 6) is 1.39. The Labute approximate surface area is 121 Å². The van der Waals surface area contributed by atoms with Crippen molar-refractivity contribution in [3.63, 3.8) is 0 Å². The van der Waals surface area contributed by atoms with Crippen LogP contribution in [-0.2, 0) is 0 Å². The van der Waals surface area contributed by atoms with Gasteiger partial charge in [-0.3, -0.25) is 10.9 Å². The molecule has 3 N–H and O–H groups in total. The van der Waals surface area contributed by atoms with Gasteiger partial charge in [-0.1, -0.05) is 38.1 Å². The van der Waals surface area contributed by atoms with E-state index in [2.05, 4.69) is 55.9 Å². The Morgan fingerprint density at radius 3 is 2.45 bits per heavy atom. The average molecular weight is 274 g/mol. The van der Waals surface area contributed by atoms with Crippen molar-refractivity contribution in [2.24, 2.45) is 5.92 Å². The fourth-order valence-electron chi connectivity index (χ4n) is 3.87. The summed E-state index contributed by atoms with van der Waals surface area (Å²) in [5.41, 5.74) is 9.39. The maximum Gasteiger partial charge on any atom is 0.0605 e. The quantitative estimate of drug-likeness (QED) is 0.776. The zero-order valence-electron chi connectivity index (χ0n) is 12.6. The smallest absolute Gasteiger partial charge is 0.0605 e. The number of rotatable bonds is 2. The molecule has 1 heterocycles. The fourth-order valence-corrected chi connectivity index (χ4v) is 3.87. The summed E-state index contributed by atoms with van der Waals surface area (Å²) in [6, 6.07) is 9.73. The first-order valence-electron chi connectivity index (χ1n) is 7.85. The topological polar surface area (TPSA) is 44.3 Å². The number of hydrazine groups is 1. The lowest BCUT2D eigenvalue weighted by Crippen LogP contribution is -2.43. The minimum Gasteiger partial charge on any atom is -0.393 e. The zero-order chi connectivity index (χ0) is 14.3. The predicted molar refractivity (Wildman–Crippen MR) is 81.5 cm³/mol. The highest BCUT2D eigenvalue weighted by Gasteiger charge is 2.43. The Morgan fingerprint density at radius 2 is 1.80 bits per heavy atom. The van der Waals surface area contributed by atoms with Gasteiger partial charge in [0.05, 0.1) is 6.10 Å². The van der Waals surface area contributed by atoms with E-state index in [0.29, 0.717) is 29.8 Å². The lowest BCUT2D eigenvalue weighted by Gasteiger charge is -2.36. The minimum absolute atomic E-state index is 0.207. The zero-order valence-corrected chi connectivity index (χ0v) is 12.6.